The van der Waals surface area contributed by atoms with Gasteiger partial charge in [0.15, 0.2) is 0 Å². The number of nitrogens with one attached hydrogen (secondary N) is 1. The molecule has 0 aliphatic heterocycles. The lowest BCUT2D eigenvalue weighted by atomic mass is 10.1. The predicted molar refractivity (Wildman–Crippen MR) is 81.5 cm³/mol. The lowest BCUT2D eigenvalue weighted by Crippen LogP contribution is -2.21. The average Bonchev–Trinajstić information content (AvgIpc) is 2.96. The lowest BCUT2D eigenvalue weighted by Gasteiger charge is -2.01. The van der Waals surface area contributed by atoms with Gasteiger partial charge < -0.3 is 0 Å². The molecule has 2 aromatic rings. The molecule has 1 heterocycles. The molecule has 0 unspecified atom stereocenters. The maximum Gasteiger partial charge on any atom is 0.280 e. The smallest absolute Gasteiger partial charge is 0.273 e. The van der Waals surface area contributed by atoms with Gasteiger partial charge >= 0.3 is 0 Å². The number of hydrogen-bond donors (Lipinski definition) is 1. The molecular weight excluding hydrogens is 290 g/mol. The monoisotopic (exact) mass is 303 g/mol. The third kappa shape index (κ3) is 4.22. The lowest BCUT2D eigenvalue weighted by molar-refractivity contribution is -0.384. The summed E-state index contributed by atoms with van der Waals surface area (Å²) in [6, 6.07) is 10.8. The Hall–Kier alpha value is -2.54. The highest BCUT2D eigenvalue weighted by molar-refractivity contribution is 7.12. The van der Waals surface area contributed by atoms with Gasteiger partial charge in [0.05, 0.1) is 27.3 Å². The van der Waals surface area contributed by atoms with E-state index >= 15 is 0 Å². The van der Waals surface area contributed by atoms with Crippen LogP contribution in [0.4, 0.5) is 5.69 Å². The summed E-state index contributed by atoms with van der Waals surface area (Å²) < 4.78 is 0. The number of hydrazone groups is 1. The van der Waals surface area contributed by atoms with Gasteiger partial charge in [-0.3, -0.25) is 14.9 Å². The Bertz CT molecular complexity index is 680. The van der Waals surface area contributed by atoms with Crippen LogP contribution in [0.1, 0.15) is 17.4 Å². The molecule has 0 fully saturated rings. The van der Waals surface area contributed by atoms with Crippen LogP contribution in [0.3, 0.4) is 0 Å². The number of nitrogens with zero attached hydrogens (tertiary/aromatic N) is 2. The highest BCUT2D eigenvalue weighted by atomic mass is 32.1. The second-order valence-corrected chi connectivity index (χ2v) is 5.23. The Morgan fingerprint density at radius 2 is 2.10 bits per heavy atom. The molecule has 0 aliphatic rings. The van der Waals surface area contributed by atoms with E-state index in [4.69, 9.17) is 0 Å². The first-order valence-electron chi connectivity index (χ1n) is 6.16. The molecule has 108 valence electrons. The van der Waals surface area contributed by atoms with Crippen LogP contribution < -0.4 is 5.43 Å². The van der Waals surface area contributed by atoms with Crippen LogP contribution in [0.15, 0.2) is 46.9 Å². The molecule has 1 aromatic carbocycles. The van der Waals surface area contributed by atoms with Crippen LogP contribution in [0.2, 0.25) is 0 Å². The van der Waals surface area contributed by atoms with Gasteiger partial charge in [-0.1, -0.05) is 30.3 Å². The normalized spacial score (nSPS) is 11.2. The van der Waals surface area contributed by atoms with Crippen molar-refractivity contribution in [1.82, 2.24) is 5.43 Å². The maximum absolute atomic E-state index is 11.7. The van der Waals surface area contributed by atoms with Crippen molar-refractivity contribution in [2.75, 3.05) is 0 Å². The number of hydrogen-bond acceptors (Lipinski definition) is 5. The minimum absolute atomic E-state index is 0.0279. The molecule has 6 nitrogen and oxygen atoms in total. The molecule has 0 aliphatic carbocycles. The van der Waals surface area contributed by atoms with Gasteiger partial charge in [-0.25, -0.2) is 5.43 Å². The second-order valence-electron chi connectivity index (χ2n) is 4.32. The highest BCUT2D eigenvalue weighted by Crippen LogP contribution is 2.21. The van der Waals surface area contributed by atoms with Crippen molar-refractivity contribution in [1.29, 1.82) is 0 Å². The van der Waals surface area contributed by atoms with E-state index in [0.29, 0.717) is 10.6 Å². The van der Waals surface area contributed by atoms with E-state index in [1.54, 1.807) is 6.92 Å². The van der Waals surface area contributed by atoms with E-state index in [9.17, 15) is 14.9 Å². The van der Waals surface area contributed by atoms with Gasteiger partial charge in [0, 0.05) is 6.07 Å². The Morgan fingerprint density at radius 3 is 2.71 bits per heavy atom. The SMILES string of the molecule is C/C(=N\NC(=O)Cc1ccccc1)c1cc([N+](=O)[O-])cs1. The molecule has 1 aromatic heterocycles. The van der Waals surface area contributed by atoms with Crippen molar-refractivity contribution < 1.29 is 9.72 Å². The van der Waals surface area contributed by atoms with Crippen LogP contribution in [-0.4, -0.2) is 16.5 Å². The Morgan fingerprint density at radius 1 is 1.38 bits per heavy atom. The summed E-state index contributed by atoms with van der Waals surface area (Å²) >= 11 is 1.22. The summed E-state index contributed by atoms with van der Waals surface area (Å²) in [4.78, 5) is 22.5. The molecular formula is C14H13N3O3S. The maximum atomic E-state index is 11.7. The summed E-state index contributed by atoms with van der Waals surface area (Å²) in [6.45, 7) is 1.69. The van der Waals surface area contributed by atoms with E-state index in [0.717, 1.165) is 5.56 Å². The fourth-order valence-electron chi connectivity index (χ4n) is 1.63. The van der Waals surface area contributed by atoms with E-state index in [2.05, 4.69) is 10.5 Å². The molecule has 0 spiro atoms. The standard InChI is InChI=1S/C14H13N3O3S/c1-10(13-8-12(9-21-13)17(19)20)15-16-14(18)7-11-5-3-2-4-6-11/h2-6,8-9H,7H2,1H3,(H,16,18)/b15-10+. The average molecular weight is 303 g/mol. The Labute approximate surface area is 125 Å². The number of amides is 1. The number of rotatable bonds is 5. The van der Waals surface area contributed by atoms with E-state index in [-0.39, 0.29) is 18.0 Å². The number of carbonyl (C=O) groups is 1. The number of nitro groups is 1. The van der Waals surface area contributed by atoms with Crippen LogP contribution in [0.5, 0.6) is 0 Å². The fourth-order valence-corrected chi connectivity index (χ4v) is 2.44. The molecule has 2 rings (SSSR count). The van der Waals surface area contributed by atoms with Gasteiger partial charge in [-0.05, 0) is 12.5 Å². The first kappa shape index (κ1) is 14.9. The van der Waals surface area contributed by atoms with Gasteiger partial charge in [-0.2, -0.15) is 5.10 Å². The van der Waals surface area contributed by atoms with E-state index in [1.165, 1.54) is 22.8 Å². The fraction of sp³-hybridized carbons (Fsp3) is 0.143. The third-order valence-electron chi connectivity index (χ3n) is 2.71. The number of benzene rings is 1. The van der Waals surface area contributed by atoms with Gasteiger partial charge in [-0.15, -0.1) is 11.3 Å². The first-order valence-corrected chi connectivity index (χ1v) is 7.04. The zero-order valence-corrected chi connectivity index (χ0v) is 12.1. The second kappa shape index (κ2) is 6.76. The number of thiophene rings is 1. The van der Waals surface area contributed by atoms with Crippen molar-refractivity contribution in [2.45, 2.75) is 13.3 Å². The summed E-state index contributed by atoms with van der Waals surface area (Å²) in [6.07, 6.45) is 0.238. The Balaban J connectivity index is 1.96. The minimum Gasteiger partial charge on any atom is -0.273 e. The quantitative estimate of drug-likeness (QED) is 0.523. The van der Waals surface area contributed by atoms with Crippen LogP contribution in [0.25, 0.3) is 0 Å². The zero-order chi connectivity index (χ0) is 15.2. The van der Waals surface area contributed by atoms with Crippen molar-refractivity contribution >= 4 is 28.6 Å². The minimum atomic E-state index is -0.457. The number of carbonyl (C=O) groups excluding carboxylic acids is 1. The molecule has 0 atom stereocenters. The zero-order valence-electron chi connectivity index (χ0n) is 11.3. The molecule has 0 radical (unpaired) electrons. The predicted octanol–water partition coefficient (Wildman–Crippen LogP) is 2.74. The van der Waals surface area contributed by atoms with E-state index < -0.39 is 4.92 Å². The molecule has 1 N–H and O–H groups in total. The van der Waals surface area contributed by atoms with Gasteiger partial charge in [0.2, 0.25) is 5.91 Å². The molecule has 0 bridgehead atoms. The molecule has 7 heteroatoms. The van der Waals surface area contributed by atoms with Crippen LogP contribution in [0, 0.1) is 10.1 Å². The largest absolute Gasteiger partial charge is 0.280 e. The summed E-state index contributed by atoms with van der Waals surface area (Å²) in [5.74, 6) is -0.230. The van der Waals surface area contributed by atoms with Crippen molar-refractivity contribution in [3.05, 3.63) is 62.3 Å². The van der Waals surface area contributed by atoms with Crippen LogP contribution >= 0.6 is 11.3 Å². The highest BCUT2D eigenvalue weighted by Gasteiger charge is 2.11. The summed E-state index contributed by atoms with van der Waals surface area (Å²) in [5, 5.41) is 16.0. The molecule has 0 saturated carbocycles. The topological polar surface area (TPSA) is 84.6 Å². The van der Waals surface area contributed by atoms with Gasteiger partial charge in [0.1, 0.15) is 0 Å². The van der Waals surface area contributed by atoms with Crippen LogP contribution in [-0.2, 0) is 11.2 Å². The first-order chi connectivity index (χ1) is 10.1. The molecule has 0 saturated heterocycles. The third-order valence-corrected chi connectivity index (χ3v) is 3.74. The van der Waals surface area contributed by atoms with Crippen molar-refractivity contribution in [2.24, 2.45) is 5.10 Å². The van der Waals surface area contributed by atoms with Crippen molar-refractivity contribution in [3.63, 3.8) is 0 Å². The van der Waals surface area contributed by atoms with Crippen molar-refractivity contribution in [3.8, 4) is 0 Å². The Kier molecular flexibility index (Phi) is 4.78. The summed E-state index contributed by atoms with van der Waals surface area (Å²) in [7, 11) is 0. The van der Waals surface area contributed by atoms with E-state index in [1.807, 2.05) is 30.3 Å². The van der Waals surface area contributed by atoms with Gasteiger partial charge in [0.25, 0.3) is 5.69 Å². The molecule has 21 heavy (non-hydrogen) atoms. The summed E-state index contributed by atoms with van der Waals surface area (Å²) in [5.41, 5.74) is 3.92. The molecule has 1 amide bonds.